The number of nitrogens with zero attached hydrogens (tertiary/aromatic N) is 4. The first-order valence-corrected chi connectivity index (χ1v) is 11.4. The van der Waals surface area contributed by atoms with E-state index in [1.165, 1.54) is 17.2 Å². The topological polar surface area (TPSA) is 56.1 Å². The number of allylic oxidation sites excluding steroid dienone is 1. The minimum Gasteiger partial charge on any atom is -0.365 e. The van der Waals surface area contributed by atoms with Crippen molar-refractivity contribution < 1.29 is 9.59 Å². The van der Waals surface area contributed by atoms with E-state index in [-0.39, 0.29) is 11.6 Å². The lowest BCUT2D eigenvalue weighted by Crippen LogP contribution is -2.29. The molecule has 0 unspecified atom stereocenters. The molecule has 0 amide bonds. The number of aryl methyl sites for hydroxylation is 2. The molecule has 0 atom stereocenters. The van der Waals surface area contributed by atoms with Crippen LogP contribution in [0.1, 0.15) is 16.7 Å². The quantitative estimate of drug-likeness (QED) is 0.411. The lowest BCUT2D eigenvalue weighted by Gasteiger charge is -2.21. The maximum absolute atomic E-state index is 12.4. The van der Waals surface area contributed by atoms with Gasteiger partial charge in [0.1, 0.15) is 19.2 Å². The summed E-state index contributed by atoms with van der Waals surface area (Å²) < 4.78 is 0. The Kier molecular flexibility index (Phi) is 5.35. The molecule has 7 heteroatoms. The number of aromatic nitrogens is 1. The van der Waals surface area contributed by atoms with Crippen molar-refractivity contribution in [1.82, 2.24) is 19.7 Å². The number of rotatable bonds is 4. The maximum Gasteiger partial charge on any atom is 0.227 e. The minimum atomic E-state index is 0.00546. The maximum atomic E-state index is 12.4. The summed E-state index contributed by atoms with van der Waals surface area (Å²) in [6.45, 7) is 11.6. The molecule has 4 heterocycles. The Labute approximate surface area is 196 Å². The molecule has 166 valence electrons. The van der Waals surface area contributed by atoms with Gasteiger partial charge in [-0.2, -0.15) is 0 Å². The third-order valence-corrected chi connectivity index (χ3v) is 6.47. The highest BCUT2D eigenvalue weighted by Crippen LogP contribution is 2.34. The van der Waals surface area contributed by atoms with E-state index in [4.69, 9.17) is 7.85 Å². The summed E-state index contributed by atoms with van der Waals surface area (Å²) in [6.07, 6.45) is 5.19. The van der Waals surface area contributed by atoms with E-state index in [1.54, 1.807) is 6.20 Å². The molecule has 2 radical (unpaired) electrons. The van der Waals surface area contributed by atoms with Crippen LogP contribution in [0.25, 0.3) is 11.1 Å². The van der Waals surface area contributed by atoms with Gasteiger partial charge in [-0.1, -0.05) is 23.2 Å². The standard InChI is InChI=1S/C14H14BN.C12H13N3O2/c1-9-7-10(2)14(15)11(3)13(9)12-5-4-6-16-8-12;16-9-7-8(13-1-2-13)12(17)11(15-5-6-15)10(9)14-3-4-14/h4-8H,1-3H3;7H,1-6H2. The van der Waals surface area contributed by atoms with Gasteiger partial charge in [-0.05, 0) is 43.5 Å². The second kappa shape index (κ2) is 8.21. The van der Waals surface area contributed by atoms with E-state index in [0.29, 0.717) is 17.1 Å². The number of benzene rings is 1. The Balaban J connectivity index is 0.000000139. The Bertz CT molecular complexity index is 1210. The normalized spacial score (nSPS) is 18.8. The molecule has 3 fully saturated rings. The Morgan fingerprint density at radius 2 is 1.52 bits per heavy atom. The first kappa shape index (κ1) is 21.5. The van der Waals surface area contributed by atoms with Crippen LogP contribution >= 0.6 is 0 Å². The van der Waals surface area contributed by atoms with E-state index < -0.39 is 0 Å². The van der Waals surface area contributed by atoms with Crippen LogP contribution in [0.5, 0.6) is 0 Å². The molecule has 1 aromatic heterocycles. The van der Waals surface area contributed by atoms with Crippen LogP contribution in [-0.2, 0) is 9.59 Å². The largest absolute Gasteiger partial charge is 0.365 e. The van der Waals surface area contributed by atoms with E-state index in [2.05, 4.69) is 31.0 Å². The number of hydrogen-bond donors (Lipinski definition) is 0. The van der Waals surface area contributed by atoms with Crippen LogP contribution in [0.3, 0.4) is 0 Å². The van der Waals surface area contributed by atoms with Crippen molar-refractivity contribution in [2.45, 2.75) is 20.8 Å². The van der Waals surface area contributed by atoms with Crippen LogP contribution < -0.4 is 5.46 Å². The minimum absolute atomic E-state index is 0.00546. The predicted octanol–water partition coefficient (Wildman–Crippen LogP) is 1.65. The molecule has 0 spiro atoms. The van der Waals surface area contributed by atoms with Gasteiger partial charge in [-0.3, -0.25) is 14.6 Å². The summed E-state index contributed by atoms with van der Waals surface area (Å²) in [6, 6.07) is 6.14. The summed E-state index contributed by atoms with van der Waals surface area (Å²) in [5.41, 5.74) is 8.63. The average molecular weight is 438 g/mol. The van der Waals surface area contributed by atoms with Crippen molar-refractivity contribution in [2.24, 2.45) is 0 Å². The smallest absolute Gasteiger partial charge is 0.227 e. The molecule has 2 aromatic rings. The zero-order valence-electron chi connectivity index (χ0n) is 19.4. The molecule has 6 rings (SSSR count). The third-order valence-electron chi connectivity index (χ3n) is 6.47. The third kappa shape index (κ3) is 4.20. The highest BCUT2D eigenvalue weighted by molar-refractivity contribution is 6.35. The van der Waals surface area contributed by atoms with E-state index in [9.17, 15) is 9.59 Å². The molecule has 6 nitrogen and oxygen atoms in total. The number of hydrogen-bond acceptors (Lipinski definition) is 6. The molecular weight excluding hydrogens is 411 g/mol. The molecule has 3 saturated heterocycles. The van der Waals surface area contributed by atoms with Crippen molar-refractivity contribution in [1.29, 1.82) is 0 Å². The van der Waals surface area contributed by atoms with Gasteiger partial charge in [0.15, 0.2) is 0 Å². The molecule has 0 saturated carbocycles. The van der Waals surface area contributed by atoms with E-state index >= 15 is 0 Å². The van der Waals surface area contributed by atoms with Gasteiger partial charge < -0.3 is 14.7 Å². The zero-order valence-corrected chi connectivity index (χ0v) is 19.4. The van der Waals surface area contributed by atoms with E-state index in [1.807, 2.05) is 33.9 Å². The second-order valence-electron chi connectivity index (χ2n) is 9.05. The van der Waals surface area contributed by atoms with Gasteiger partial charge in [0.25, 0.3) is 0 Å². The van der Waals surface area contributed by atoms with Crippen LogP contribution in [0.2, 0.25) is 0 Å². The number of ketones is 2. The van der Waals surface area contributed by atoms with Crippen molar-refractivity contribution in [3.05, 3.63) is 70.5 Å². The predicted molar refractivity (Wildman–Crippen MR) is 129 cm³/mol. The van der Waals surface area contributed by atoms with Crippen molar-refractivity contribution in [3.8, 4) is 11.1 Å². The molecule has 1 aliphatic carbocycles. The molecule has 33 heavy (non-hydrogen) atoms. The fourth-order valence-electron chi connectivity index (χ4n) is 4.43. The summed E-state index contributed by atoms with van der Waals surface area (Å²) >= 11 is 0. The fourth-order valence-corrected chi connectivity index (χ4v) is 4.43. The van der Waals surface area contributed by atoms with Gasteiger partial charge in [0.2, 0.25) is 11.6 Å². The lowest BCUT2D eigenvalue weighted by molar-refractivity contribution is -0.117. The summed E-state index contributed by atoms with van der Waals surface area (Å²) in [5.74, 6) is 0.0485. The average Bonchev–Trinajstić information content (AvgIpc) is 3.63. The van der Waals surface area contributed by atoms with Crippen molar-refractivity contribution >= 4 is 24.9 Å². The summed E-state index contributed by atoms with van der Waals surface area (Å²) in [5, 5.41) is 0. The van der Waals surface area contributed by atoms with Gasteiger partial charge >= 0.3 is 0 Å². The highest BCUT2D eigenvalue weighted by atomic mass is 16.1. The first-order valence-electron chi connectivity index (χ1n) is 11.4. The van der Waals surface area contributed by atoms with Crippen molar-refractivity contribution in [2.75, 3.05) is 39.3 Å². The van der Waals surface area contributed by atoms with Crippen LogP contribution in [0.15, 0.2) is 53.8 Å². The Morgan fingerprint density at radius 3 is 2.09 bits per heavy atom. The number of pyridine rings is 1. The van der Waals surface area contributed by atoms with Gasteiger partial charge in [0, 0.05) is 63.3 Å². The zero-order chi connectivity index (χ0) is 23.3. The molecule has 4 aliphatic rings. The summed E-state index contributed by atoms with van der Waals surface area (Å²) in [7, 11) is 6.07. The van der Waals surface area contributed by atoms with Gasteiger partial charge in [0.05, 0.1) is 5.70 Å². The van der Waals surface area contributed by atoms with Crippen molar-refractivity contribution in [3.63, 3.8) is 0 Å². The highest BCUT2D eigenvalue weighted by Gasteiger charge is 2.43. The fraction of sp³-hybridized carbons (Fsp3) is 0.346. The SMILES string of the molecule is O=C1C=C(N2CC2)C(=O)C(N2CC2)=C1N1CC1.[B]c1c(C)cc(C)c(-c2cccnc2)c1C. The molecule has 3 aliphatic heterocycles. The van der Waals surface area contributed by atoms with Gasteiger partial charge in [-0.25, -0.2) is 0 Å². The molecule has 0 N–H and O–H groups in total. The lowest BCUT2D eigenvalue weighted by atomic mass is 9.81. The molecule has 1 aromatic carbocycles. The number of carbonyl (C=O) groups is 2. The van der Waals surface area contributed by atoms with Crippen LogP contribution in [0.4, 0.5) is 0 Å². The van der Waals surface area contributed by atoms with Crippen LogP contribution in [0, 0.1) is 20.8 Å². The molecule has 0 bridgehead atoms. The Hall–Kier alpha value is -3.35. The monoisotopic (exact) mass is 438 g/mol. The number of carbonyl (C=O) groups excluding carboxylic acids is 2. The summed E-state index contributed by atoms with van der Waals surface area (Å²) in [4.78, 5) is 34.6. The molecular formula is C26H27BN4O2. The second-order valence-corrected chi connectivity index (χ2v) is 9.05. The van der Waals surface area contributed by atoms with Gasteiger partial charge in [-0.15, -0.1) is 0 Å². The first-order chi connectivity index (χ1) is 15.9. The number of Topliss-reactive ketones (excluding diaryl/α,β-unsaturated/α-hetero) is 1. The van der Waals surface area contributed by atoms with Crippen LogP contribution in [-0.4, -0.2) is 78.4 Å². The Morgan fingerprint density at radius 1 is 0.879 bits per heavy atom. The van der Waals surface area contributed by atoms with E-state index in [0.717, 1.165) is 61.4 Å².